The van der Waals surface area contributed by atoms with E-state index in [4.69, 9.17) is 0 Å². The number of carbonyl (C=O) groups excluding carboxylic acids is 1. The van der Waals surface area contributed by atoms with Crippen LogP contribution in [0.1, 0.15) is 47.5 Å². The standard InChI is InChI=1S/C13H28N2O2/c1-6-8-9-14-12(16)11(3)15(7-2)10-13(4,5)17/h11,17H,6-10H2,1-5H3,(H,14,16). The number of rotatable bonds is 8. The van der Waals surface area contributed by atoms with Crippen molar-refractivity contribution in [2.45, 2.75) is 59.1 Å². The number of hydrogen-bond acceptors (Lipinski definition) is 3. The molecule has 0 heterocycles. The molecule has 4 nitrogen and oxygen atoms in total. The number of amides is 1. The second-order valence-corrected chi connectivity index (χ2v) is 5.20. The molecule has 0 radical (unpaired) electrons. The SMILES string of the molecule is CCCCNC(=O)C(C)N(CC)CC(C)(C)O. The van der Waals surface area contributed by atoms with Crippen LogP contribution < -0.4 is 5.32 Å². The summed E-state index contributed by atoms with van der Waals surface area (Å²) in [7, 11) is 0. The number of unbranched alkanes of at least 4 members (excludes halogenated alkanes) is 1. The molecule has 1 unspecified atom stereocenters. The molecule has 1 atom stereocenters. The molecule has 1 amide bonds. The Kier molecular flexibility index (Phi) is 7.39. The molecule has 17 heavy (non-hydrogen) atoms. The van der Waals surface area contributed by atoms with Crippen LogP contribution in [-0.2, 0) is 4.79 Å². The summed E-state index contributed by atoms with van der Waals surface area (Å²) < 4.78 is 0. The molecule has 0 saturated heterocycles. The third-order valence-electron chi connectivity index (χ3n) is 2.75. The first kappa shape index (κ1) is 16.4. The Bertz CT molecular complexity index is 224. The lowest BCUT2D eigenvalue weighted by molar-refractivity contribution is -0.126. The fourth-order valence-electron chi connectivity index (χ4n) is 1.72. The topological polar surface area (TPSA) is 52.6 Å². The summed E-state index contributed by atoms with van der Waals surface area (Å²) in [6.45, 7) is 11.5. The third-order valence-corrected chi connectivity index (χ3v) is 2.75. The number of aliphatic hydroxyl groups is 1. The predicted octanol–water partition coefficient (Wildman–Crippen LogP) is 1.38. The van der Waals surface area contributed by atoms with Crippen LogP contribution in [0.5, 0.6) is 0 Å². The summed E-state index contributed by atoms with van der Waals surface area (Å²) in [5, 5.41) is 12.7. The van der Waals surface area contributed by atoms with E-state index in [1.54, 1.807) is 13.8 Å². The maximum atomic E-state index is 11.9. The average molecular weight is 244 g/mol. The highest BCUT2D eigenvalue weighted by Crippen LogP contribution is 2.08. The quantitative estimate of drug-likeness (QED) is 0.634. The molecule has 0 aliphatic rings. The maximum Gasteiger partial charge on any atom is 0.237 e. The van der Waals surface area contributed by atoms with Crippen molar-refractivity contribution in [2.75, 3.05) is 19.6 Å². The second-order valence-electron chi connectivity index (χ2n) is 5.20. The normalized spacial score (nSPS) is 13.8. The van der Waals surface area contributed by atoms with Gasteiger partial charge in [-0.15, -0.1) is 0 Å². The molecule has 0 rings (SSSR count). The van der Waals surface area contributed by atoms with Crippen molar-refractivity contribution in [1.29, 1.82) is 0 Å². The fraction of sp³-hybridized carbons (Fsp3) is 0.923. The molecule has 0 aromatic carbocycles. The van der Waals surface area contributed by atoms with E-state index in [0.717, 1.165) is 25.9 Å². The molecule has 0 fully saturated rings. The Morgan fingerprint density at radius 2 is 2.00 bits per heavy atom. The highest BCUT2D eigenvalue weighted by Gasteiger charge is 2.25. The van der Waals surface area contributed by atoms with Crippen LogP contribution in [0, 0.1) is 0 Å². The Morgan fingerprint density at radius 3 is 2.41 bits per heavy atom. The van der Waals surface area contributed by atoms with Crippen LogP contribution in [0.2, 0.25) is 0 Å². The van der Waals surface area contributed by atoms with Crippen molar-refractivity contribution in [3.63, 3.8) is 0 Å². The lowest BCUT2D eigenvalue weighted by Gasteiger charge is -2.32. The summed E-state index contributed by atoms with van der Waals surface area (Å²) in [6.07, 6.45) is 2.09. The van der Waals surface area contributed by atoms with E-state index in [-0.39, 0.29) is 11.9 Å². The molecule has 0 aromatic heterocycles. The van der Waals surface area contributed by atoms with E-state index in [9.17, 15) is 9.90 Å². The van der Waals surface area contributed by atoms with Gasteiger partial charge in [-0.2, -0.15) is 0 Å². The van der Waals surface area contributed by atoms with Gasteiger partial charge in [0.2, 0.25) is 5.91 Å². The average Bonchev–Trinajstić information content (AvgIpc) is 2.23. The lowest BCUT2D eigenvalue weighted by atomic mass is 10.1. The first-order valence-electron chi connectivity index (χ1n) is 6.56. The highest BCUT2D eigenvalue weighted by atomic mass is 16.3. The minimum absolute atomic E-state index is 0.0459. The molecular formula is C13H28N2O2. The molecule has 0 aliphatic carbocycles. The molecule has 0 saturated carbocycles. The number of hydrogen-bond donors (Lipinski definition) is 2. The fourth-order valence-corrected chi connectivity index (χ4v) is 1.72. The van der Waals surface area contributed by atoms with Crippen LogP contribution >= 0.6 is 0 Å². The van der Waals surface area contributed by atoms with Gasteiger partial charge < -0.3 is 10.4 Å². The van der Waals surface area contributed by atoms with Gasteiger partial charge in [-0.25, -0.2) is 0 Å². The van der Waals surface area contributed by atoms with E-state index >= 15 is 0 Å². The minimum atomic E-state index is -0.770. The first-order valence-corrected chi connectivity index (χ1v) is 6.56. The number of likely N-dealkylation sites (N-methyl/N-ethyl adjacent to an activating group) is 1. The highest BCUT2D eigenvalue weighted by molar-refractivity contribution is 5.81. The summed E-state index contributed by atoms with van der Waals surface area (Å²) in [6, 6.07) is -0.191. The van der Waals surface area contributed by atoms with E-state index < -0.39 is 5.60 Å². The molecule has 102 valence electrons. The summed E-state index contributed by atoms with van der Waals surface area (Å²) in [5.41, 5.74) is -0.770. The van der Waals surface area contributed by atoms with Gasteiger partial charge in [0.05, 0.1) is 11.6 Å². The molecule has 0 bridgehead atoms. The van der Waals surface area contributed by atoms with Crippen molar-refractivity contribution in [3.05, 3.63) is 0 Å². The monoisotopic (exact) mass is 244 g/mol. The molecule has 0 aliphatic heterocycles. The largest absolute Gasteiger partial charge is 0.389 e. The van der Waals surface area contributed by atoms with E-state index in [0.29, 0.717) is 6.54 Å². The van der Waals surface area contributed by atoms with Crippen LogP contribution in [0.4, 0.5) is 0 Å². The maximum absolute atomic E-state index is 11.9. The molecule has 0 aromatic rings. The van der Waals surface area contributed by atoms with Gasteiger partial charge >= 0.3 is 0 Å². The zero-order valence-electron chi connectivity index (χ0n) is 11.9. The van der Waals surface area contributed by atoms with Crippen molar-refractivity contribution < 1.29 is 9.90 Å². The van der Waals surface area contributed by atoms with Crippen LogP contribution in [-0.4, -0.2) is 47.2 Å². The van der Waals surface area contributed by atoms with Gasteiger partial charge in [-0.1, -0.05) is 20.3 Å². The number of carbonyl (C=O) groups is 1. The first-order chi connectivity index (χ1) is 7.81. The van der Waals surface area contributed by atoms with Gasteiger partial charge in [-0.3, -0.25) is 9.69 Å². The van der Waals surface area contributed by atoms with Crippen LogP contribution in [0.15, 0.2) is 0 Å². The van der Waals surface area contributed by atoms with Gasteiger partial charge in [0.25, 0.3) is 0 Å². The molecule has 2 N–H and O–H groups in total. The summed E-state index contributed by atoms with van der Waals surface area (Å²) in [5.74, 6) is 0.0459. The Balaban J connectivity index is 4.23. The van der Waals surface area contributed by atoms with Crippen molar-refractivity contribution in [2.24, 2.45) is 0 Å². The molecule has 4 heteroatoms. The van der Waals surface area contributed by atoms with Crippen molar-refractivity contribution in [3.8, 4) is 0 Å². The van der Waals surface area contributed by atoms with Gasteiger partial charge in [0.15, 0.2) is 0 Å². The third kappa shape index (κ3) is 7.34. The van der Waals surface area contributed by atoms with Crippen LogP contribution in [0.25, 0.3) is 0 Å². The summed E-state index contributed by atoms with van der Waals surface area (Å²) in [4.78, 5) is 13.9. The van der Waals surface area contributed by atoms with Gasteiger partial charge in [0, 0.05) is 13.1 Å². The van der Waals surface area contributed by atoms with E-state index in [1.807, 2.05) is 18.7 Å². The van der Waals surface area contributed by atoms with Crippen molar-refractivity contribution in [1.82, 2.24) is 10.2 Å². The van der Waals surface area contributed by atoms with Crippen LogP contribution in [0.3, 0.4) is 0 Å². The van der Waals surface area contributed by atoms with Crippen molar-refractivity contribution >= 4 is 5.91 Å². The smallest absolute Gasteiger partial charge is 0.237 e. The number of nitrogens with one attached hydrogen (secondary N) is 1. The molecular weight excluding hydrogens is 216 g/mol. The van der Waals surface area contributed by atoms with E-state index in [2.05, 4.69) is 12.2 Å². The minimum Gasteiger partial charge on any atom is -0.389 e. The predicted molar refractivity (Wildman–Crippen MR) is 70.9 cm³/mol. The zero-order chi connectivity index (χ0) is 13.5. The lowest BCUT2D eigenvalue weighted by Crippen LogP contribution is -2.50. The Labute approximate surface area is 105 Å². The molecule has 0 spiro atoms. The van der Waals surface area contributed by atoms with E-state index in [1.165, 1.54) is 0 Å². The van der Waals surface area contributed by atoms with Gasteiger partial charge in [-0.05, 0) is 33.7 Å². The second kappa shape index (κ2) is 7.67. The summed E-state index contributed by atoms with van der Waals surface area (Å²) >= 11 is 0. The van der Waals surface area contributed by atoms with Gasteiger partial charge in [0.1, 0.15) is 0 Å². The zero-order valence-corrected chi connectivity index (χ0v) is 11.9. The Morgan fingerprint density at radius 1 is 1.41 bits per heavy atom. The number of nitrogens with zero attached hydrogens (tertiary/aromatic N) is 1. The Hall–Kier alpha value is -0.610.